The molecule has 0 saturated heterocycles. The number of esters is 1. The molecule has 18 heavy (non-hydrogen) atoms. The third kappa shape index (κ3) is 5.42. The van der Waals surface area contributed by atoms with E-state index in [-0.39, 0.29) is 12.4 Å². The average Bonchev–Trinajstić information content (AvgIpc) is 2.37. The van der Waals surface area contributed by atoms with E-state index in [0.29, 0.717) is 12.4 Å². The van der Waals surface area contributed by atoms with E-state index in [4.69, 9.17) is 9.47 Å². The number of aliphatic hydroxyl groups excluding tert-OH is 1. The first-order valence-electron chi connectivity index (χ1n) is 5.76. The van der Waals surface area contributed by atoms with Crippen LogP contribution in [-0.4, -0.2) is 36.6 Å². The Kier molecular flexibility index (Phi) is 6.60. The summed E-state index contributed by atoms with van der Waals surface area (Å²) in [6.45, 7) is 2.09. The van der Waals surface area contributed by atoms with Gasteiger partial charge in [-0.25, -0.2) is 0 Å². The fraction of sp³-hybridized carbons (Fsp3) is 0.462. The molecule has 100 valence electrons. The molecule has 0 aliphatic rings. The van der Waals surface area contributed by atoms with Gasteiger partial charge in [0.15, 0.2) is 0 Å². The Labute approximate surface area is 111 Å². The zero-order valence-electron chi connectivity index (χ0n) is 10.6. The second-order valence-corrected chi connectivity index (χ2v) is 4.74. The Bertz CT molecular complexity index is 364. The zero-order valence-corrected chi connectivity index (χ0v) is 11.4. The molecule has 0 bridgehead atoms. The summed E-state index contributed by atoms with van der Waals surface area (Å²) >= 11 is 1.49. The summed E-state index contributed by atoms with van der Waals surface area (Å²) in [4.78, 5) is 12.2. The van der Waals surface area contributed by atoms with Crippen LogP contribution in [0.4, 0.5) is 0 Å². The van der Waals surface area contributed by atoms with E-state index in [1.54, 1.807) is 14.0 Å². The van der Waals surface area contributed by atoms with E-state index in [1.807, 2.05) is 24.3 Å². The number of carbonyl (C=O) groups excluding carboxylic acids is 1. The molecule has 4 nitrogen and oxygen atoms in total. The lowest BCUT2D eigenvalue weighted by atomic mass is 10.3. The lowest BCUT2D eigenvalue weighted by Crippen LogP contribution is -2.17. The molecular formula is C13H18O4S. The van der Waals surface area contributed by atoms with Gasteiger partial charge in [0, 0.05) is 10.6 Å². The highest BCUT2D eigenvalue weighted by atomic mass is 32.2. The number of methoxy groups -OCH3 is 1. The van der Waals surface area contributed by atoms with Crippen molar-refractivity contribution >= 4 is 17.7 Å². The predicted octanol–water partition coefficient (Wildman–Crippen LogP) is 2.10. The molecule has 0 heterocycles. The molecule has 0 saturated carbocycles. The summed E-state index contributed by atoms with van der Waals surface area (Å²) in [5.41, 5.74) is 0. The van der Waals surface area contributed by atoms with Gasteiger partial charge in [-0.1, -0.05) is 0 Å². The third-order valence-corrected chi connectivity index (χ3v) is 3.37. The van der Waals surface area contributed by atoms with Crippen LogP contribution in [0.5, 0.6) is 5.75 Å². The van der Waals surface area contributed by atoms with Crippen molar-refractivity contribution in [3.8, 4) is 5.75 Å². The Morgan fingerprint density at radius 1 is 1.39 bits per heavy atom. The lowest BCUT2D eigenvalue weighted by Gasteiger charge is -2.09. The molecule has 5 heteroatoms. The van der Waals surface area contributed by atoms with Crippen molar-refractivity contribution in [1.29, 1.82) is 0 Å². The second kappa shape index (κ2) is 8.00. The molecule has 0 spiro atoms. The van der Waals surface area contributed by atoms with E-state index in [0.717, 1.165) is 10.6 Å². The van der Waals surface area contributed by atoms with Crippen molar-refractivity contribution in [2.45, 2.75) is 24.3 Å². The van der Waals surface area contributed by atoms with E-state index < -0.39 is 6.10 Å². The Morgan fingerprint density at radius 2 is 2.06 bits per heavy atom. The van der Waals surface area contributed by atoms with Crippen molar-refractivity contribution in [2.24, 2.45) is 0 Å². The van der Waals surface area contributed by atoms with Crippen LogP contribution in [0.1, 0.15) is 13.3 Å². The van der Waals surface area contributed by atoms with E-state index >= 15 is 0 Å². The topological polar surface area (TPSA) is 55.8 Å². The minimum Gasteiger partial charge on any atom is -0.497 e. The van der Waals surface area contributed by atoms with Crippen molar-refractivity contribution in [2.75, 3.05) is 19.5 Å². The van der Waals surface area contributed by atoms with Crippen LogP contribution < -0.4 is 4.74 Å². The second-order valence-electron chi connectivity index (χ2n) is 3.65. The van der Waals surface area contributed by atoms with Gasteiger partial charge >= 0.3 is 5.97 Å². The Morgan fingerprint density at radius 3 is 2.61 bits per heavy atom. The van der Waals surface area contributed by atoms with Crippen LogP contribution in [0.2, 0.25) is 0 Å². The molecule has 0 radical (unpaired) electrons. The fourth-order valence-electron chi connectivity index (χ4n) is 1.34. The quantitative estimate of drug-likeness (QED) is 0.607. The molecule has 1 rings (SSSR count). The van der Waals surface area contributed by atoms with Crippen molar-refractivity contribution in [1.82, 2.24) is 0 Å². The van der Waals surface area contributed by atoms with Gasteiger partial charge in [-0.15, -0.1) is 11.8 Å². The molecule has 0 aliphatic heterocycles. The summed E-state index contributed by atoms with van der Waals surface area (Å²) in [7, 11) is 1.62. The number of rotatable bonds is 7. The van der Waals surface area contributed by atoms with Crippen LogP contribution in [0.15, 0.2) is 29.2 Å². The Hall–Kier alpha value is -1.20. The van der Waals surface area contributed by atoms with Crippen LogP contribution in [0.25, 0.3) is 0 Å². The number of benzene rings is 1. The average molecular weight is 270 g/mol. The minimum absolute atomic E-state index is 0.0387. The largest absolute Gasteiger partial charge is 0.497 e. The summed E-state index contributed by atoms with van der Waals surface area (Å²) in [5, 5.41) is 9.66. The third-order valence-electron chi connectivity index (χ3n) is 2.21. The van der Waals surface area contributed by atoms with Gasteiger partial charge in [-0.05, 0) is 31.2 Å². The van der Waals surface area contributed by atoms with Crippen molar-refractivity contribution in [3.05, 3.63) is 24.3 Å². The summed E-state index contributed by atoms with van der Waals surface area (Å²) in [6, 6.07) is 7.56. The van der Waals surface area contributed by atoms with Gasteiger partial charge in [0.25, 0.3) is 0 Å². The lowest BCUT2D eigenvalue weighted by molar-refractivity contribution is -0.144. The normalized spacial score (nSPS) is 11.9. The first kappa shape index (κ1) is 14.9. The first-order chi connectivity index (χ1) is 8.65. The molecule has 0 aliphatic carbocycles. The van der Waals surface area contributed by atoms with Gasteiger partial charge < -0.3 is 14.6 Å². The first-order valence-corrected chi connectivity index (χ1v) is 6.74. The highest BCUT2D eigenvalue weighted by Gasteiger charge is 2.11. The number of ether oxygens (including phenoxy) is 2. The van der Waals surface area contributed by atoms with E-state index in [2.05, 4.69) is 0 Å². The molecule has 1 N–H and O–H groups in total. The summed E-state index contributed by atoms with van der Waals surface area (Å²) < 4.78 is 9.82. The predicted molar refractivity (Wildman–Crippen MR) is 71.0 cm³/mol. The zero-order chi connectivity index (χ0) is 13.4. The summed E-state index contributed by atoms with van der Waals surface area (Å²) in [6.07, 6.45) is -0.645. The standard InChI is InChI=1S/C13H18O4S/c1-3-17-13(15)8-10(14)9-18-12-6-4-11(16-2)5-7-12/h4-7,10,14H,3,8-9H2,1-2H3. The molecule has 0 amide bonds. The molecule has 1 aromatic carbocycles. The molecule has 0 aromatic heterocycles. The molecular weight excluding hydrogens is 252 g/mol. The summed E-state index contributed by atoms with van der Waals surface area (Å²) in [5.74, 6) is 0.900. The smallest absolute Gasteiger partial charge is 0.308 e. The van der Waals surface area contributed by atoms with Gasteiger partial charge in [0.1, 0.15) is 5.75 Å². The maximum absolute atomic E-state index is 11.1. The fourth-order valence-corrected chi connectivity index (χ4v) is 2.17. The molecule has 1 aromatic rings. The number of aliphatic hydroxyl groups is 1. The van der Waals surface area contributed by atoms with Crippen LogP contribution in [-0.2, 0) is 9.53 Å². The maximum Gasteiger partial charge on any atom is 0.308 e. The Balaban J connectivity index is 2.32. The highest BCUT2D eigenvalue weighted by molar-refractivity contribution is 7.99. The van der Waals surface area contributed by atoms with Crippen LogP contribution in [0.3, 0.4) is 0 Å². The highest BCUT2D eigenvalue weighted by Crippen LogP contribution is 2.22. The monoisotopic (exact) mass is 270 g/mol. The maximum atomic E-state index is 11.1. The molecule has 1 unspecified atom stereocenters. The SMILES string of the molecule is CCOC(=O)CC(O)CSc1ccc(OC)cc1. The van der Waals surface area contributed by atoms with Gasteiger partial charge in [-0.3, -0.25) is 4.79 Å². The van der Waals surface area contributed by atoms with Crippen LogP contribution in [0, 0.1) is 0 Å². The van der Waals surface area contributed by atoms with Crippen molar-refractivity contribution < 1.29 is 19.4 Å². The number of thioether (sulfide) groups is 1. The van der Waals surface area contributed by atoms with Gasteiger partial charge in [-0.2, -0.15) is 0 Å². The number of hydrogen-bond donors (Lipinski definition) is 1. The minimum atomic E-state index is -0.684. The van der Waals surface area contributed by atoms with Gasteiger partial charge in [0.2, 0.25) is 0 Å². The van der Waals surface area contributed by atoms with Gasteiger partial charge in [0.05, 0.1) is 26.2 Å². The number of hydrogen-bond acceptors (Lipinski definition) is 5. The van der Waals surface area contributed by atoms with Crippen LogP contribution >= 0.6 is 11.8 Å². The van der Waals surface area contributed by atoms with E-state index in [1.165, 1.54) is 11.8 Å². The molecule has 0 fully saturated rings. The van der Waals surface area contributed by atoms with E-state index in [9.17, 15) is 9.90 Å². The molecule has 1 atom stereocenters. The number of carbonyl (C=O) groups is 1. The van der Waals surface area contributed by atoms with Crippen molar-refractivity contribution in [3.63, 3.8) is 0 Å².